The summed E-state index contributed by atoms with van der Waals surface area (Å²) < 4.78 is 5.16. The van der Waals surface area contributed by atoms with Crippen LogP contribution in [0.5, 0.6) is 5.75 Å². The molecule has 0 unspecified atom stereocenters. The van der Waals surface area contributed by atoms with Crippen LogP contribution in [0.4, 0.5) is 5.69 Å². The third-order valence-corrected chi connectivity index (χ3v) is 4.78. The zero-order valence-corrected chi connectivity index (χ0v) is 14.9. The average molecular weight is 347 g/mol. The fraction of sp³-hybridized carbons (Fsp3) is 0.238. The normalized spacial score (nSPS) is 12.7. The molecule has 3 aromatic rings. The highest BCUT2D eigenvalue weighted by molar-refractivity contribution is 6.09. The van der Waals surface area contributed by atoms with Gasteiger partial charge in [0.05, 0.1) is 18.4 Å². The Bertz CT molecular complexity index is 958. The number of nitrogens with zero attached hydrogens (tertiary/aromatic N) is 1. The molecule has 0 bridgehead atoms. The third-order valence-electron chi connectivity index (χ3n) is 4.78. The summed E-state index contributed by atoms with van der Waals surface area (Å²) in [6.07, 6.45) is 4.73. The number of aromatic nitrogens is 2. The highest BCUT2D eigenvalue weighted by Crippen LogP contribution is 2.34. The first kappa shape index (κ1) is 16.4. The van der Waals surface area contributed by atoms with Crippen molar-refractivity contribution < 1.29 is 9.53 Å². The number of nitrogens with one attached hydrogen (secondary N) is 2. The Balaban J connectivity index is 1.71. The van der Waals surface area contributed by atoms with Crippen molar-refractivity contribution in [3.63, 3.8) is 0 Å². The van der Waals surface area contributed by atoms with Crippen LogP contribution < -0.4 is 10.1 Å². The van der Waals surface area contributed by atoms with Crippen LogP contribution in [-0.4, -0.2) is 23.0 Å². The second-order valence-electron chi connectivity index (χ2n) is 6.55. The van der Waals surface area contributed by atoms with Gasteiger partial charge in [-0.15, -0.1) is 0 Å². The number of ether oxygens (including phenoxy) is 1. The van der Waals surface area contributed by atoms with E-state index in [0.29, 0.717) is 5.56 Å². The molecule has 1 amide bonds. The Morgan fingerprint density at radius 3 is 2.73 bits per heavy atom. The lowest BCUT2D eigenvalue weighted by molar-refractivity contribution is 0.102. The van der Waals surface area contributed by atoms with E-state index in [0.717, 1.165) is 53.3 Å². The number of carbonyl (C=O) groups excluding carboxylic acids is 1. The first-order chi connectivity index (χ1) is 12.7. The van der Waals surface area contributed by atoms with E-state index < -0.39 is 0 Å². The van der Waals surface area contributed by atoms with Gasteiger partial charge in [-0.25, -0.2) is 0 Å². The molecule has 0 spiro atoms. The molecule has 5 heteroatoms. The zero-order chi connectivity index (χ0) is 18.1. The lowest BCUT2D eigenvalue weighted by atomic mass is 10.0. The molecule has 2 aromatic heterocycles. The van der Waals surface area contributed by atoms with Crippen molar-refractivity contribution in [1.82, 2.24) is 9.97 Å². The van der Waals surface area contributed by atoms with E-state index in [2.05, 4.69) is 16.4 Å². The van der Waals surface area contributed by atoms with Gasteiger partial charge in [-0.3, -0.25) is 9.78 Å². The van der Waals surface area contributed by atoms with Crippen LogP contribution in [0.1, 0.15) is 33.7 Å². The van der Waals surface area contributed by atoms with E-state index in [9.17, 15) is 4.79 Å². The number of pyridine rings is 1. The van der Waals surface area contributed by atoms with Gasteiger partial charge < -0.3 is 15.0 Å². The number of anilines is 1. The molecule has 0 saturated carbocycles. The fourth-order valence-corrected chi connectivity index (χ4v) is 3.45. The Hall–Kier alpha value is -3.08. The average Bonchev–Trinajstić information content (AvgIpc) is 2.99. The Morgan fingerprint density at radius 1 is 1.15 bits per heavy atom. The highest BCUT2D eigenvalue weighted by atomic mass is 16.5. The van der Waals surface area contributed by atoms with Gasteiger partial charge >= 0.3 is 0 Å². The summed E-state index contributed by atoms with van der Waals surface area (Å²) in [5.74, 6) is 0.621. The molecule has 0 radical (unpaired) electrons. The number of carbonyl (C=O) groups is 1. The second kappa shape index (κ2) is 6.67. The molecule has 4 rings (SSSR count). The van der Waals surface area contributed by atoms with E-state index in [1.54, 1.807) is 13.3 Å². The molecule has 1 aromatic carbocycles. The van der Waals surface area contributed by atoms with E-state index >= 15 is 0 Å². The van der Waals surface area contributed by atoms with Gasteiger partial charge in [-0.05, 0) is 62.1 Å². The second-order valence-corrected chi connectivity index (χ2v) is 6.55. The van der Waals surface area contributed by atoms with E-state index in [4.69, 9.17) is 9.72 Å². The third kappa shape index (κ3) is 2.96. The monoisotopic (exact) mass is 347 g/mol. The quantitative estimate of drug-likeness (QED) is 0.748. The van der Waals surface area contributed by atoms with Crippen molar-refractivity contribution in [2.24, 2.45) is 0 Å². The van der Waals surface area contributed by atoms with E-state index in [-0.39, 0.29) is 5.91 Å². The van der Waals surface area contributed by atoms with Crippen molar-refractivity contribution in [3.05, 3.63) is 65.1 Å². The summed E-state index contributed by atoms with van der Waals surface area (Å²) in [7, 11) is 1.62. The molecule has 2 N–H and O–H groups in total. The first-order valence-corrected chi connectivity index (χ1v) is 8.78. The van der Waals surface area contributed by atoms with Crippen molar-refractivity contribution in [2.45, 2.75) is 26.2 Å². The lowest BCUT2D eigenvalue weighted by Crippen LogP contribution is -2.12. The van der Waals surface area contributed by atoms with Crippen LogP contribution in [0.25, 0.3) is 11.3 Å². The highest BCUT2D eigenvalue weighted by Gasteiger charge is 2.24. The largest absolute Gasteiger partial charge is 0.497 e. The lowest BCUT2D eigenvalue weighted by Gasteiger charge is -2.10. The van der Waals surface area contributed by atoms with Crippen LogP contribution in [0, 0.1) is 6.92 Å². The van der Waals surface area contributed by atoms with Crippen LogP contribution in [0.2, 0.25) is 0 Å². The molecule has 0 fully saturated rings. The summed E-state index contributed by atoms with van der Waals surface area (Å²) in [5.41, 5.74) is 6.48. The number of benzene rings is 1. The molecular weight excluding hydrogens is 326 g/mol. The maximum atomic E-state index is 12.9. The van der Waals surface area contributed by atoms with Crippen molar-refractivity contribution in [3.8, 4) is 17.0 Å². The molecule has 0 aliphatic heterocycles. The summed E-state index contributed by atoms with van der Waals surface area (Å²) in [4.78, 5) is 21.0. The Labute approximate surface area is 152 Å². The number of H-pyrrole nitrogens is 1. The van der Waals surface area contributed by atoms with Crippen molar-refractivity contribution >= 4 is 11.6 Å². The maximum Gasteiger partial charge on any atom is 0.257 e. The summed E-state index contributed by atoms with van der Waals surface area (Å²) >= 11 is 0. The van der Waals surface area contributed by atoms with Crippen molar-refractivity contribution in [2.75, 3.05) is 12.4 Å². The number of rotatable bonds is 3. The zero-order valence-electron chi connectivity index (χ0n) is 14.9. The van der Waals surface area contributed by atoms with E-state index in [1.807, 2.05) is 37.3 Å². The molecule has 0 saturated heterocycles. The topological polar surface area (TPSA) is 67.0 Å². The summed E-state index contributed by atoms with van der Waals surface area (Å²) in [6, 6.07) is 11.5. The van der Waals surface area contributed by atoms with E-state index in [1.165, 1.54) is 5.56 Å². The number of aryl methyl sites for hydroxylation is 3. The predicted octanol–water partition coefficient (Wildman–Crippen LogP) is 4.13. The van der Waals surface area contributed by atoms with Gasteiger partial charge in [0, 0.05) is 28.8 Å². The molecule has 132 valence electrons. The van der Waals surface area contributed by atoms with Crippen LogP contribution in [0.15, 0.2) is 42.6 Å². The van der Waals surface area contributed by atoms with Gasteiger partial charge in [-0.2, -0.15) is 0 Å². The van der Waals surface area contributed by atoms with Gasteiger partial charge in [0.15, 0.2) is 0 Å². The number of methoxy groups -OCH3 is 1. The predicted molar refractivity (Wildman–Crippen MR) is 102 cm³/mol. The number of aromatic amines is 1. The Kier molecular flexibility index (Phi) is 4.21. The van der Waals surface area contributed by atoms with Crippen molar-refractivity contribution in [1.29, 1.82) is 0 Å². The standard InChI is InChI=1S/C21H21N3O2/c1-13-6-7-14-4-3-5-18-19(20(14)23-13)17(12-22-18)21(25)24-15-8-10-16(26-2)11-9-15/h6-12,22H,3-5H2,1-2H3,(H,24,25). The molecular formula is C21H21N3O2. The fourth-order valence-electron chi connectivity index (χ4n) is 3.45. The number of fused-ring (bicyclic) bond motifs is 3. The van der Waals surface area contributed by atoms with Gasteiger partial charge in [0.2, 0.25) is 0 Å². The summed E-state index contributed by atoms with van der Waals surface area (Å²) in [6.45, 7) is 1.98. The maximum absolute atomic E-state index is 12.9. The smallest absolute Gasteiger partial charge is 0.257 e. The van der Waals surface area contributed by atoms with Gasteiger partial charge in [0.25, 0.3) is 5.91 Å². The molecule has 2 heterocycles. The SMILES string of the molecule is COc1ccc(NC(=O)c2c[nH]c3c2-c2nc(C)ccc2CCC3)cc1. The molecule has 1 aliphatic carbocycles. The molecule has 0 atom stereocenters. The Morgan fingerprint density at radius 2 is 1.96 bits per heavy atom. The van der Waals surface area contributed by atoms with Crippen LogP contribution in [-0.2, 0) is 12.8 Å². The van der Waals surface area contributed by atoms with Crippen LogP contribution in [0.3, 0.4) is 0 Å². The number of hydrogen-bond donors (Lipinski definition) is 2. The number of amides is 1. The van der Waals surface area contributed by atoms with Gasteiger partial charge in [0.1, 0.15) is 5.75 Å². The minimum atomic E-state index is -0.135. The van der Waals surface area contributed by atoms with Gasteiger partial charge in [-0.1, -0.05) is 6.07 Å². The minimum Gasteiger partial charge on any atom is -0.497 e. The minimum absolute atomic E-state index is 0.135. The first-order valence-electron chi connectivity index (χ1n) is 8.78. The number of hydrogen-bond acceptors (Lipinski definition) is 3. The molecule has 1 aliphatic rings. The summed E-state index contributed by atoms with van der Waals surface area (Å²) in [5, 5.41) is 2.97. The molecule has 26 heavy (non-hydrogen) atoms. The van der Waals surface area contributed by atoms with Crippen LogP contribution >= 0.6 is 0 Å². The molecule has 5 nitrogen and oxygen atoms in total.